The molecule has 4 rings (SSSR count). The normalized spacial score (nSPS) is 17.2. The first kappa shape index (κ1) is 18.8. The fourth-order valence-corrected chi connectivity index (χ4v) is 3.78. The summed E-state index contributed by atoms with van der Waals surface area (Å²) >= 11 is 6.03. The van der Waals surface area contributed by atoms with E-state index < -0.39 is 0 Å². The summed E-state index contributed by atoms with van der Waals surface area (Å²) in [5.74, 6) is 0.336. The van der Waals surface area contributed by atoms with Gasteiger partial charge in [-0.1, -0.05) is 11.6 Å². The summed E-state index contributed by atoms with van der Waals surface area (Å²) in [5, 5.41) is 3.61. The second-order valence-corrected chi connectivity index (χ2v) is 7.68. The van der Waals surface area contributed by atoms with Crippen LogP contribution in [-0.4, -0.2) is 33.5 Å². The van der Waals surface area contributed by atoms with Crippen molar-refractivity contribution in [1.82, 2.24) is 19.9 Å². The highest BCUT2D eigenvalue weighted by Crippen LogP contribution is 2.28. The highest BCUT2D eigenvalue weighted by atomic mass is 35.5. The Balaban J connectivity index is 1.33. The molecule has 2 aromatic heterocycles. The number of aryl methyl sites for hydroxylation is 1. The minimum atomic E-state index is 0.0576. The van der Waals surface area contributed by atoms with E-state index in [-0.39, 0.29) is 11.8 Å². The molecule has 1 amide bonds. The lowest BCUT2D eigenvalue weighted by Crippen LogP contribution is -2.38. The summed E-state index contributed by atoms with van der Waals surface area (Å²) < 4.78 is 7.87. The first-order valence-electron chi connectivity index (χ1n) is 9.69. The number of oxazole rings is 1. The van der Waals surface area contributed by atoms with Gasteiger partial charge in [0.15, 0.2) is 5.58 Å². The largest absolute Gasteiger partial charge is 0.423 e. The minimum absolute atomic E-state index is 0.0576. The van der Waals surface area contributed by atoms with Gasteiger partial charge in [0.2, 0.25) is 5.91 Å². The first-order valence-corrected chi connectivity index (χ1v) is 10.1. The van der Waals surface area contributed by atoms with Crippen LogP contribution in [-0.2, 0) is 17.9 Å². The van der Waals surface area contributed by atoms with Crippen LogP contribution in [0.4, 0.5) is 6.01 Å². The van der Waals surface area contributed by atoms with E-state index in [1.807, 2.05) is 22.9 Å². The third-order valence-corrected chi connectivity index (χ3v) is 5.36. The smallest absolute Gasteiger partial charge is 0.298 e. The fraction of sp³-hybridized carbons (Fsp3) is 0.450. The van der Waals surface area contributed by atoms with E-state index in [0.29, 0.717) is 29.6 Å². The van der Waals surface area contributed by atoms with Crippen LogP contribution in [0.3, 0.4) is 0 Å². The molecule has 1 saturated heterocycles. The molecule has 0 spiro atoms. The van der Waals surface area contributed by atoms with Gasteiger partial charge in [0.1, 0.15) is 5.52 Å². The Morgan fingerprint density at radius 3 is 3.14 bits per heavy atom. The fourth-order valence-electron chi connectivity index (χ4n) is 3.62. The van der Waals surface area contributed by atoms with Crippen molar-refractivity contribution in [2.24, 2.45) is 5.92 Å². The molecule has 8 heteroatoms. The van der Waals surface area contributed by atoms with Gasteiger partial charge in [0, 0.05) is 43.3 Å². The van der Waals surface area contributed by atoms with Crippen LogP contribution >= 0.6 is 11.6 Å². The predicted molar refractivity (Wildman–Crippen MR) is 108 cm³/mol. The van der Waals surface area contributed by atoms with E-state index in [2.05, 4.69) is 27.1 Å². The van der Waals surface area contributed by atoms with E-state index in [1.54, 1.807) is 12.4 Å². The monoisotopic (exact) mass is 401 g/mol. The van der Waals surface area contributed by atoms with Crippen LogP contribution in [0.15, 0.2) is 35.1 Å². The Hall–Kier alpha value is -2.54. The molecule has 0 saturated carbocycles. The van der Waals surface area contributed by atoms with Crippen molar-refractivity contribution in [1.29, 1.82) is 0 Å². The van der Waals surface area contributed by atoms with Crippen LogP contribution in [0.2, 0.25) is 5.02 Å². The molecule has 0 bridgehead atoms. The molecule has 1 atom stereocenters. The topological polar surface area (TPSA) is 76.2 Å². The number of amides is 1. The Bertz CT molecular complexity index is 967. The van der Waals surface area contributed by atoms with Gasteiger partial charge in [-0.25, -0.2) is 4.98 Å². The van der Waals surface area contributed by atoms with Crippen LogP contribution in [0, 0.1) is 5.92 Å². The van der Waals surface area contributed by atoms with Gasteiger partial charge in [0.05, 0.1) is 18.6 Å². The number of piperidine rings is 1. The Morgan fingerprint density at radius 2 is 2.32 bits per heavy atom. The summed E-state index contributed by atoms with van der Waals surface area (Å²) in [4.78, 5) is 23.3. The van der Waals surface area contributed by atoms with Gasteiger partial charge in [-0.3, -0.25) is 4.79 Å². The number of aromatic nitrogens is 3. The van der Waals surface area contributed by atoms with Crippen molar-refractivity contribution >= 4 is 34.6 Å². The van der Waals surface area contributed by atoms with Gasteiger partial charge in [-0.2, -0.15) is 4.98 Å². The molecule has 1 aromatic carbocycles. The lowest BCUT2D eigenvalue weighted by atomic mass is 9.94. The summed E-state index contributed by atoms with van der Waals surface area (Å²) in [6.07, 6.45) is 6.28. The number of halogens is 1. The zero-order chi connectivity index (χ0) is 19.5. The standard InChI is InChI=1S/C20H24ClN5O2/c1-2-25-12-16(23-13-25)10-22-19(27)8-14-4-3-7-26(11-14)20-24-17-6-5-15(21)9-18(17)28-20/h5-6,9,12-14H,2-4,7-8,10-11H2,1H3,(H,22,27). The summed E-state index contributed by atoms with van der Waals surface area (Å²) in [6.45, 7) is 5.05. The molecule has 1 aliphatic heterocycles. The van der Waals surface area contributed by atoms with Crippen molar-refractivity contribution in [3.05, 3.63) is 41.4 Å². The van der Waals surface area contributed by atoms with Crippen molar-refractivity contribution < 1.29 is 9.21 Å². The van der Waals surface area contributed by atoms with Crippen molar-refractivity contribution in [3.8, 4) is 0 Å². The summed E-state index contributed by atoms with van der Waals surface area (Å²) in [7, 11) is 0. The SMILES string of the molecule is CCn1cnc(CNC(=O)CC2CCCN(c3nc4ccc(Cl)cc4o3)C2)c1. The molecule has 0 radical (unpaired) electrons. The quantitative estimate of drug-likeness (QED) is 0.682. The number of nitrogens with zero attached hydrogens (tertiary/aromatic N) is 4. The average molecular weight is 402 g/mol. The zero-order valence-corrected chi connectivity index (χ0v) is 16.7. The van der Waals surface area contributed by atoms with E-state index in [9.17, 15) is 4.79 Å². The maximum absolute atomic E-state index is 12.4. The molecule has 28 heavy (non-hydrogen) atoms. The maximum atomic E-state index is 12.4. The maximum Gasteiger partial charge on any atom is 0.298 e. The second-order valence-electron chi connectivity index (χ2n) is 7.24. The van der Waals surface area contributed by atoms with Crippen LogP contribution in [0.5, 0.6) is 0 Å². The number of rotatable bonds is 6. The third kappa shape index (κ3) is 4.30. The molecule has 1 N–H and O–H groups in total. The lowest BCUT2D eigenvalue weighted by molar-refractivity contribution is -0.122. The number of carbonyl (C=O) groups is 1. The highest BCUT2D eigenvalue weighted by molar-refractivity contribution is 6.31. The van der Waals surface area contributed by atoms with Gasteiger partial charge in [0.25, 0.3) is 6.01 Å². The van der Waals surface area contributed by atoms with Crippen LogP contribution in [0.1, 0.15) is 31.9 Å². The molecule has 1 aliphatic rings. The van der Waals surface area contributed by atoms with Crippen molar-refractivity contribution in [2.75, 3.05) is 18.0 Å². The number of nitrogens with one attached hydrogen (secondary N) is 1. The van der Waals surface area contributed by atoms with E-state index in [0.717, 1.165) is 43.7 Å². The Morgan fingerprint density at radius 1 is 1.43 bits per heavy atom. The second kappa shape index (κ2) is 8.22. The summed E-state index contributed by atoms with van der Waals surface area (Å²) in [6, 6.07) is 6.05. The van der Waals surface area contributed by atoms with Gasteiger partial charge >= 0.3 is 0 Å². The van der Waals surface area contributed by atoms with Crippen LogP contribution in [0.25, 0.3) is 11.1 Å². The average Bonchev–Trinajstić information content (AvgIpc) is 3.33. The number of carbonyl (C=O) groups excluding carboxylic acids is 1. The van der Waals surface area contributed by atoms with E-state index in [4.69, 9.17) is 16.0 Å². The molecule has 148 valence electrons. The number of fused-ring (bicyclic) bond motifs is 1. The molecule has 1 fully saturated rings. The van der Waals surface area contributed by atoms with E-state index in [1.165, 1.54) is 0 Å². The Kier molecular flexibility index (Phi) is 5.52. The number of hydrogen-bond acceptors (Lipinski definition) is 5. The number of hydrogen-bond donors (Lipinski definition) is 1. The molecule has 7 nitrogen and oxygen atoms in total. The van der Waals surface area contributed by atoms with Crippen molar-refractivity contribution in [3.63, 3.8) is 0 Å². The molecular weight excluding hydrogens is 378 g/mol. The molecule has 1 unspecified atom stereocenters. The Labute approximate surface area is 168 Å². The van der Waals surface area contributed by atoms with Gasteiger partial charge in [-0.05, 0) is 37.8 Å². The lowest BCUT2D eigenvalue weighted by Gasteiger charge is -2.31. The number of anilines is 1. The van der Waals surface area contributed by atoms with Gasteiger partial charge < -0.3 is 19.2 Å². The first-order chi connectivity index (χ1) is 13.6. The molecule has 3 aromatic rings. The highest BCUT2D eigenvalue weighted by Gasteiger charge is 2.25. The molecule has 3 heterocycles. The third-order valence-electron chi connectivity index (χ3n) is 5.12. The molecular formula is C20H24ClN5O2. The van der Waals surface area contributed by atoms with Gasteiger partial charge in [-0.15, -0.1) is 0 Å². The van der Waals surface area contributed by atoms with Crippen LogP contribution < -0.4 is 10.2 Å². The minimum Gasteiger partial charge on any atom is -0.423 e. The predicted octanol–water partition coefficient (Wildman–Crippen LogP) is 3.62. The number of benzene rings is 1. The number of imidazole rings is 1. The van der Waals surface area contributed by atoms with Crippen molar-refractivity contribution in [2.45, 2.75) is 39.3 Å². The van der Waals surface area contributed by atoms with E-state index >= 15 is 0 Å². The summed E-state index contributed by atoms with van der Waals surface area (Å²) in [5.41, 5.74) is 2.37. The molecule has 0 aliphatic carbocycles. The zero-order valence-electron chi connectivity index (χ0n) is 15.9.